The molecule has 0 saturated carbocycles. The molecule has 1 unspecified atom stereocenters. The van der Waals surface area contributed by atoms with Gasteiger partial charge in [-0.05, 0) is 37.9 Å². The summed E-state index contributed by atoms with van der Waals surface area (Å²) in [6.45, 7) is 2.75. The molecule has 7 heteroatoms. The Balaban J connectivity index is 1.94. The zero-order valence-electron chi connectivity index (χ0n) is 11.0. The van der Waals surface area contributed by atoms with Crippen LogP contribution in [0.2, 0.25) is 0 Å². The van der Waals surface area contributed by atoms with Crippen molar-refractivity contribution in [3.63, 3.8) is 0 Å². The first-order valence-electron chi connectivity index (χ1n) is 6.47. The van der Waals surface area contributed by atoms with E-state index in [1.165, 1.54) is 12.1 Å². The zero-order valence-corrected chi connectivity index (χ0v) is 11.0. The fourth-order valence-electron chi connectivity index (χ4n) is 2.39. The molecule has 1 aromatic heterocycles. The molecule has 1 fully saturated rings. The molecule has 0 spiro atoms. The van der Waals surface area contributed by atoms with E-state index < -0.39 is 4.92 Å². The summed E-state index contributed by atoms with van der Waals surface area (Å²) in [5.41, 5.74) is 1.39. The molecule has 2 aromatic rings. The molecule has 0 amide bonds. The van der Waals surface area contributed by atoms with Crippen LogP contribution in [0.5, 0.6) is 0 Å². The normalized spacial score (nSPS) is 18.4. The van der Waals surface area contributed by atoms with Crippen LogP contribution in [0.25, 0.3) is 11.5 Å². The average Bonchev–Trinajstić information content (AvgIpc) is 3.09. The van der Waals surface area contributed by atoms with E-state index in [0.29, 0.717) is 17.3 Å². The summed E-state index contributed by atoms with van der Waals surface area (Å²) >= 11 is 0. The topological polar surface area (TPSA) is 94.1 Å². The highest BCUT2D eigenvalue weighted by molar-refractivity contribution is 5.59. The van der Waals surface area contributed by atoms with Crippen LogP contribution in [0, 0.1) is 17.0 Å². The molecule has 104 valence electrons. The molecule has 1 N–H and O–H groups in total. The first-order valence-corrected chi connectivity index (χ1v) is 6.47. The fraction of sp³-hybridized carbons (Fsp3) is 0.385. The maximum Gasteiger partial charge on any atom is 0.270 e. The Morgan fingerprint density at radius 1 is 1.45 bits per heavy atom. The van der Waals surface area contributed by atoms with E-state index in [-0.39, 0.29) is 11.7 Å². The van der Waals surface area contributed by atoms with E-state index >= 15 is 0 Å². The molecule has 1 aliphatic rings. The predicted octanol–water partition coefficient (Wildman–Crippen LogP) is 2.38. The van der Waals surface area contributed by atoms with Gasteiger partial charge in [-0.2, -0.15) is 4.98 Å². The first kappa shape index (κ1) is 12.7. The van der Waals surface area contributed by atoms with Crippen molar-refractivity contribution in [2.45, 2.75) is 25.8 Å². The molecule has 7 nitrogen and oxygen atoms in total. The lowest BCUT2D eigenvalue weighted by atomic mass is 10.1. The van der Waals surface area contributed by atoms with Crippen molar-refractivity contribution < 1.29 is 9.45 Å². The van der Waals surface area contributed by atoms with E-state index in [9.17, 15) is 10.1 Å². The van der Waals surface area contributed by atoms with Gasteiger partial charge in [-0.1, -0.05) is 5.16 Å². The standard InChI is InChI=1S/C13H14N4O3/c1-8-5-9(7-10(6-8)17(18)19)13-15-12(16-20-13)11-3-2-4-14-11/h5-7,11,14H,2-4H2,1H3. The van der Waals surface area contributed by atoms with Crippen molar-refractivity contribution in [2.24, 2.45) is 0 Å². The molecule has 2 heterocycles. The SMILES string of the molecule is Cc1cc(-c2nc(C3CCCN3)no2)cc([N+](=O)[O-])c1. The van der Waals surface area contributed by atoms with Gasteiger partial charge in [0.1, 0.15) is 0 Å². The molecule has 20 heavy (non-hydrogen) atoms. The van der Waals surface area contributed by atoms with Crippen molar-refractivity contribution in [3.8, 4) is 11.5 Å². The quantitative estimate of drug-likeness (QED) is 0.682. The van der Waals surface area contributed by atoms with E-state index in [2.05, 4.69) is 15.5 Å². The van der Waals surface area contributed by atoms with Gasteiger partial charge in [0, 0.05) is 17.7 Å². The Bertz CT molecular complexity index is 647. The van der Waals surface area contributed by atoms with E-state index in [1.54, 1.807) is 13.0 Å². The van der Waals surface area contributed by atoms with Crippen LogP contribution in [0.4, 0.5) is 5.69 Å². The van der Waals surface area contributed by atoms with Gasteiger partial charge >= 0.3 is 0 Å². The van der Waals surface area contributed by atoms with Crippen LogP contribution in [0.3, 0.4) is 0 Å². The lowest BCUT2D eigenvalue weighted by molar-refractivity contribution is -0.384. The van der Waals surface area contributed by atoms with Crippen LogP contribution < -0.4 is 5.32 Å². The Morgan fingerprint density at radius 3 is 3.00 bits per heavy atom. The summed E-state index contributed by atoms with van der Waals surface area (Å²) in [6.07, 6.45) is 2.07. The minimum absolute atomic E-state index is 0.0266. The fourth-order valence-corrected chi connectivity index (χ4v) is 2.39. The van der Waals surface area contributed by atoms with Crippen molar-refractivity contribution in [3.05, 3.63) is 39.7 Å². The molecule has 0 radical (unpaired) electrons. The highest BCUT2D eigenvalue weighted by Gasteiger charge is 2.22. The number of hydrogen-bond donors (Lipinski definition) is 1. The second kappa shape index (κ2) is 5.01. The maximum absolute atomic E-state index is 10.9. The smallest absolute Gasteiger partial charge is 0.270 e. The number of nitro groups is 1. The summed E-state index contributed by atoms with van der Waals surface area (Å²) in [4.78, 5) is 14.8. The van der Waals surface area contributed by atoms with Gasteiger partial charge in [0.25, 0.3) is 11.6 Å². The number of aromatic nitrogens is 2. The molecule has 0 bridgehead atoms. The Kier molecular flexibility index (Phi) is 3.19. The summed E-state index contributed by atoms with van der Waals surface area (Å²) in [5, 5.41) is 18.1. The highest BCUT2D eigenvalue weighted by Crippen LogP contribution is 2.27. The van der Waals surface area contributed by atoms with Gasteiger partial charge in [0.15, 0.2) is 5.82 Å². The van der Waals surface area contributed by atoms with Gasteiger partial charge in [0.2, 0.25) is 0 Å². The lowest BCUT2D eigenvalue weighted by Gasteiger charge is -2.01. The number of nitrogens with one attached hydrogen (secondary N) is 1. The highest BCUT2D eigenvalue weighted by atomic mass is 16.6. The number of rotatable bonds is 3. The van der Waals surface area contributed by atoms with Crippen molar-refractivity contribution in [1.82, 2.24) is 15.5 Å². The van der Waals surface area contributed by atoms with E-state index in [0.717, 1.165) is 24.9 Å². The van der Waals surface area contributed by atoms with Gasteiger partial charge in [-0.3, -0.25) is 10.1 Å². The third-order valence-electron chi connectivity index (χ3n) is 3.33. The van der Waals surface area contributed by atoms with Gasteiger partial charge in [-0.25, -0.2) is 0 Å². The minimum Gasteiger partial charge on any atom is -0.334 e. The van der Waals surface area contributed by atoms with Crippen molar-refractivity contribution in [2.75, 3.05) is 6.54 Å². The number of aryl methyl sites for hydroxylation is 1. The molecule has 1 saturated heterocycles. The number of benzene rings is 1. The van der Waals surface area contributed by atoms with Crippen LogP contribution in [-0.2, 0) is 0 Å². The van der Waals surface area contributed by atoms with Gasteiger partial charge in [-0.15, -0.1) is 0 Å². The molecule has 3 rings (SSSR count). The summed E-state index contributed by atoms with van der Waals surface area (Å²) in [6, 6.07) is 4.88. The van der Waals surface area contributed by atoms with Crippen LogP contribution in [-0.4, -0.2) is 21.6 Å². The Hall–Kier alpha value is -2.28. The van der Waals surface area contributed by atoms with Gasteiger partial charge < -0.3 is 9.84 Å². The number of hydrogen-bond acceptors (Lipinski definition) is 6. The lowest BCUT2D eigenvalue weighted by Crippen LogP contribution is -2.14. The Labute approximate surface area is 115 Å². The molecule has 1 aromatic carbocycles. The predicted molar refractivity (Wildman–Crippen MR) is 71.1 cm³/mol. The summed E-state index contributed by atoms with van der Waals surface area (Å²) in [5.74, 6) is 0.933. The number of non-ortho nitro benzene ring substituents is 1. The molecule has 1 aliphatic heterocycles. The van der Waals surface area contributed by atoms with Crippen LogP contribution in [0.15, 0.2) is 22.7 Å². The number of nitrogens with zero attached hydrogens (tertiary/aromatic N) is 3. The Morgan fingerprint density at radius 2 is 2.30 bits per heavy atom. The molecule has 1 atom stereocenters. The van der Waals surface area contributed by atoms with Crippen molar-refractivity contribution >= 4 is 5.69 Å². The third-order valence-corrected chi connectivity index (χ3v) is 3.33. The average molecular weight is 274 g/mol. The molecular weight excluding hydrogens is 260 g/mol. The van der Waals surface area contributed by atoms with Crippen molar-refractivity contribution in [1.29, 1.82) is 0 Å². The first-order chi connectivity index (χ1) is 9.63. The monoisotopic (exact) mass is 274 g/mol. The van der Waals surface area contributed by atoms with Crippen LogP contribution >= 0.6 is 0 Å². The number of nitro benzene ring substituents is 1. The summed E-state index contributed by atoms with van der Waals surface area (Å²) < 4.78 is 5.23. The third kappa shape index (κ3) is 2.39. The molecule has 0 aliphatic carbocycles. The second-order valence-corrected chi connectivity index (χ2v) is 4.92. The largest absolute Gasteiger partial charge is 0.334 e. The molecular formula is C13H14N4O3. The van der Waals surface area contributed by atoms with Gasteiger partial charge in [0.05, 0.1) is 11.0 Å². The maximum atomic E-state index is 10.9. The zero-order chi connectivity index (χ0) is 14.1. The second-order valence-electron chi connectivity index (χ2n) is 4.92. The van der Waals surface area contributed by atoms with Crippen LogP contribution in [0.1, 0.15) is 30.3 Å². The minimum atomic E-state index is -0.424. The summed E-state index contributed by atoms with van der Waals surface area (Å²) in [7, 11) is 0. The van der Waals surface area contributed by atoms with E-state index in [1.807, 2.05) is 0 Å². The van der Waals surface area contributed by atoms with E-state index in [4.69, 9.17) is 4.52 Å².